The van der Waals surface area contributed by atoms with Crippen LogP contribution in [-0.2, 0) is 10.2 Å². The Balaban J connectivity index is 1.75. The fraction of sp³-hybridized carbons (Fsp3) is 0.500. The van der Waals surface area contributed by atoms with Gasteiger partial charge in [-0.05, 0) is 69.4 Å². The second-order valence-electron chi connectivity index (χ2n) is 8.14. The molecule has 0 radical (unpaired) electrons. The van der Waals surface area contributed by atoms with Crippen molar-refractivity contribution < 1.29 is 4.79 Å². The normalized spacial score (nSPS) is 20.1. The van der Waals surface area contributed by atoms with Gasteiger partial charge in [-0.25, -0.2) is 0 Å². The van der Waals surface area contributed by atoms with Crippen LogP contribution in [0.25, 0.3) is 0 Å². The predicted molar refractivity (Wildman–Crippen MR) is 112 cm³/mol. The van der Waals surface area contributed by atoms with Crippen LogP contribution < -0.4 is 0 Å². The number of pyridine rings is 1. The quantitative estimate of drug-likeness (QED) is 0.767. The highest BCUT2D eigenvalue weighted by molar-refractivity contribution is 5.92. The number of hydrogen-bond acceptors (Lipinski definition) is 3. The van der Waals surface area contributed by atoms with Crippen molar-refractivity contribution in [3.8, 4) is 0 Å². The van der Waals surface area contributed by atoms with E-state index in [2.05, 4.69) is 21.9 Å². The summed E-state index contributed by atoms with van der Waals surface area (Å²) in [5.41, 5.74) is 1.25. The molecule has 3 heterocycles. The van der Waals surface area contributed by atoms with Gasteiger partial charge in [0, 0.05) is 19.3 Å². The molecule has 4 rings (SSSR count). The molecule has 1 atom stereocenters. The van der Waals surface area contributed by atoms with E-state index in [1.165, 1.54) is 19.3 Å². The van der Waals surface area contributed by atoms with E-state index in [-0.39, 0.29) is 5.91 Å². The monoisotopic (exact) mass is 377 g/mol. The minimum absolute atomic E-state index is 0.229. The van der Waals surface area contributed by atoms with Crippen LogP contribution in [0.4, 0.5) is 0 Å². The minimum atomic E-state index is -0.704. The van der Waals surface area contributed by atoms with E-state index in [4.69, 9.17) is 4.98 Å². The molecule has 2 aliphatic rings. The zero-order chi connectivity index (χ0) is 19.2. The Kier molecular flexibility index (Phi) is 6.06. The van der Waals surface area contributed by atoms with Gasteiger partial charge in [0.1, 0.15) is 5.41 Å². The van der Waals surface area contributed by atoms with E-state index in [1.54, 1.807) is 0 Å². The molecule has 2 aliphatic heterocycles. The van der Waals surface area contributed by atoms with Crippen molar-refractivity contribution in [3.63, 3.8) is 0 Å². The first-order valence-electron chi connectivity index (χ1n) is 10.8. The molecule has 2 aromatic rings. The Morgan fingerprint density at radius 2 is 1.54 bits per heavy atom. The molecule has 148 valence electrons. The molecule has 1 unspecified atom stereocenters. The SMILES string of the molecule is O=C(N1CCCC1)C(CCN1CCCCC1)(c1ccccc1)c1ccccn1. The van der Waals surface area contributed by atoms with Crippen LogP contribution in [0.1, 0.15) is 49.8 Å². The molecule has 0 aliphatic carbocycles. The molecule has 1 aromatic carbocycles. The zero-order valence-corrected chi connectivity index (χ0v) is 16.7. The number of piperidine rings is 1. The lowest BCUT2D eigenvalue weighted by Gasteiger charge is -2.38. The highest BCUT2D eigenvalue weighted by Crippen LogP contribution is 2.38. The van der Waals surface area contributed by atoms with E-state index >= 15 is 0 Å². The molecule has 0 spiro atoms. The van der Waals surface area contributed by atoms with Gasteiger partial charge in [0.05, 0.1) is 5.69 Å². The average molecular weight is 378 g/mol. The second kappa shape index (κ2) is 8.87. The number of benzene rings is 1. The number of hydrogen-bond donors (Lipinski definition) is 0. The molecule has 1 aromatic heterocycles. The third kappa shape index (κ3) is 3.83. The van der Waals surface area contributed by atoms with Crippen molar-refractivity contribution in [2.75, 3.05) is 32.7 Å². The number of amides is 1. The van der Waals surface area contributed by atoms with Crippen LogP contribution in [0, 0.1) is 0 Å². The zero-order valence-electron chi connectivity index (χ0n) is 16.7. The van der Waals surface area contributed by atoms with Crippen LogP contribution >= 0.6 is 0 Å². The Hall–Kier alpha value is -2.20. The number of carbonyl (C=O) groups is 1. The second-order valence-corrected chi connectivity index (χ2v) is 8.14. The van der Waals surface area contributed by atoms with E-state index < -0.39 is 5.41 Å². The average Bonchev–Trinajstić information content (AvgIpc) is 3.31. The van der Waals surface area contributed by atoms with Crippen LogP contribution in [-0.4, -0.2) is 53.4 Å². The molecule has 4 nitrogen and oxygen atoms in total. The van der Waals surface area contributed by atoms with Gasteiger partial charge in [-0.15, -0.1) is 0 Å². The molecule has 0 N–H and O–H groups in total. The summed E-state index contributed by atoms with van der Waals surface area (Å²) in [6.07, 6.45) is 8.67. The smallest absolute Gasteiger partial charge is 0.239 e. The number of likely N-dealkylation sites (tertiary alicyclic amines) is 2. The maximum atomic E-state index is 14.0. The fourth-order valence-corrected chi connectivity index (χ4v) is 4.80. The first-order chi connectivity index (χ1) is 13.8. The van der Waals surface area contributed by atoms with Crippen LogP contribution in [0.15, 0.2) is 54.7 Å². The van der Waals surface area contributed by atoms with E-state index in [0.717, 1.165) is 63.2 Å². The van der Waals surface area contributed by atoms with Crippen molar-refractivity contribution in [1.82, 2.24) is 14.8 Å². The number of aromatic nitrogens is 1. The standard InChI is InChI=1S/C24H31N3O/c28-23(27-18-9-10-19-27)24(21-11-3-1-4-12-21,22-13-5-6-15-25-22)14-20-26-16-7-2-8-17-26/h1,3-6,11-13,15H,2,7-10,14,16-20H2. The number of rotatable bonds is 6. The Labute approximate surface area is 168 Å². The van der Waals surface area contributed by atoms with Crippen molar-refractivity contribution >= 4 is 5.91 Å². The van der Waals surface area contributed by atoms with Crippen LogP contribution in [0.2, 0.25) is 0 Å². The number of nitrogens with zero attached hydrogens (tertiary/aromatic N) is 3. The predicted octanol–water partition coefficient (Wildman–Crippen LogP) is 3.87. The third-order valence-electron chi connectivity index (χ3n) is 6.38. The van der Waals surface area contributed by atoms with Crippen LogP contribution in [0.3, 0.4) is 0 Å². The first-order valence-corrected chi connectivity index (χ1v) is 10.8. The molecule has 0 bridgehead atoms. The lowest BCUT2D eigenvalue weighted by atomic mass is 9.73. The van der Waals surface area contributed by atoms with Gasteiger partial charge in [0.2, 0.25) is 5.91 Å². The highest BCUT2D eigenvalue weighted by atomic mass is 16.2. The van der Waals surface area contributed by atoms with Gasteiger partial charge in [-0.3, -0.25) is 9.78 Å². The van der Waals surface area contributed by atoms with Crippen LogP contribution in [0.5, 0.6) is 0 Å². The Bertz CT molecular complexity index is 710. The lowest BCUT2D eigenvalue weighted by Crippen LogP contribution is -2.49. The summed E-state index contributed by atoms with van der Waals surface area (Å²) in [6.45, 7) is 4.95. The van der Waals surface area contributed by atoms with E-state index in [0.29, 0.717) is 0 Å². The Morgan fingerprint density at radius 3 is 2.21 bits per heavy atom. The van der Waals surface area contributed by atoms with Gasteiger partial charge in [0.15, 0.2) is 0 Å². The largest absolute Gasteiger partial charge is 0.342 e. The maximum Gasteiger partial charge on any atom is 0.239 e. The molecule has 2 saturated heterocycles. The molecule has 2 fully saturated rings. The Morgan fingerprint density at radius 1 is 0.857 bits per heavy atom. The van der Waals surface area contributed by atoms with Crippen molar-refractivity contribution in [2.45, 2.75) is 43.9 Å². The van der Waals surface area contributed by atoms with Crippen molar-refractivity contribution in [1.29, 1.82) is 0 Å². The first kappa shape index (κ1) is 19.1. The summed E-state index contributed by atoms with van der Waals surface area (Å²) in [5.74, 6) is 0.229. The fourth-order valence-electron chi connectivity index (χ4n) is 4.80. The van der Waals surface area contributed by atoms with Gasteiger partial charge >= 0.3 is 0 Å². The summed E-state index contributed by atoms with van der Waals surface area (Å²) in [7, 11) is 0. The third-order valence-corrected chi connectivity index (χ3v) is 6.38. The molecular weight excluding hydrogens is 346 g/mol. The summed E-state index contributed by atoms with van der Waals surface area (Å²) >= 11 is 0. The van der Waals surface area contributed by atoms with Gasteiger partial charge in [0.25, 0.3) is 0 Å². The molecule has 0 saturated carbocycles. The van der Waals surface area contributed by atoms with Gasteiger partial charge in [-0.2, -0.15) is 0 Å². The maximum absolute atomic E-state index is 14.0. The highest BCUT2D eigenvalue weighted by Gasteiger charge is 2.46. The molecule has 4 heteroatoms. The van der Waals surface area contributed by atoms with Gasteiger partial charge < -0.3 is 9.80 Å². The number of carbonyl (C=O) groups excluding carboxylic acids is 1. The summed E-state index contributed by atoms with van der Waals surface area (Å²) < 4.78 is 0. The molecule has 1 amide bonds. The molecular formula is C24H31N3O. The molecule has 28 heavy (non-hydrogen) atoms. The van der Waals surface area contributed by atoms with Crippen molar-refractivity contribution in [2.24, 2.45) is 0 Å². The van der Waals surface area contributed by atoms with Gasteiger partial charge in [-0.1, -0.05) is 42.8 Å². The van der Waals surface area contributed by atoms with E-state index in [9.17, 15) is 4.79 Å². The summed E-state index contributed by atoms with van der Waals surface area (Å²) in [5, 5.41) is 0. The van der Waals surface area contributed by atoms with Crippen molar-refractivity contribution in [3.05, 3.63) is 66.0 Å². The van der Waals surface area contributed by atoms with E-state index in [1.807, 2.05) is 42.6 Å². The summed E-state index contributed by atoms with van der Waals surface area (Å²) in [4.78, 5) is 23.3. The minimum Gasteiger partial charge on any atom is -0.342 e. The topological polar surface area (TPSA) is 36.4 Å². The lowest BCUT2D eigenvalue weighted by molar-refractivity contribution is -0.135. The summed E-state index contributed by atoms with van der Waals surface area (Å²) in [6, 6.07) is 16.3.